The highest BCUT2D eigenvalue weighted by atomic mass is 16.5. The molecule has 0 spiro atoms. The van der Waals surface area contributed by atoms with Crippen LogP contribution in [0.1, 0.15) is 21.9 Å². The summed E-state index contributed by atoms with van der Waals surface area (Å²) in [4.78, 5) is 23.0. The summed E-state index contributed by atoms with van der Waals surface area (Å²) in [6.45, 7) is 6.16. The molecule has 1 aromatic heterocycles. The van der Waals surface area contributed by atoms with E-state index in [0.717, 1.165) is 11.3 Å². The van der Waals surface area contributed by atoms with Crippen molar-refractivity contribution in [3.63, 3.8) is 0 Å². The molecule has 1 aliphatic heterocycles. The molecule has 1 amide bonds. The van der Waals surface area contributed by atoms with Crippen molar-refractivity contribution < 1.29 is 9.53 Å². The van der Waals surface area contributed by atoms with Crippen LogP contribution in [0.5, 0.6) is 0 Å². The number of hydrogen-bond donors (Lipinski definition) is 1. The third-order valence-electron chi connectivity index (χ3n) is 3.76. The number of ether oxygens (including phenoxy) is 1. The highest BCUT2D eigenvalue weighted by Crippen LogP contribution is 2.19. The van der Waals surface area contributed by atoms with Gasteiger partial charge in [-0.05, 0) is 25.5 Å². The number of carbonyl (C=O) groups is 1. The zero-order valence-corrected chi connectivity index (χ0v) is 13.4. The van der Waals surface area contributed by atoms with Crippen molar-refractivity contribution in [2.45, 2.75) is 13.8 Å². The second-order valence-electron chi connectivity index (χ2n) is 5.53. The molecule has 3 rings (SSSR count). The van der Waals surface area contributed by atoms with E-state index in [1.807, 2.05) is 31.2 Å². The Labute approximate surface area is 135 Å². The van der Waals surface area contributed by atoms with Gasteiger partial charge in [-0.3, -0.25) is 4.79 Å². The molecule has 23 heavy (non-hydrogen) atoms. The van der Waals surface area contributed by atoms with Crippen LogP contribution in [0.3, 0.4) is 0 Å². The van der Waals surface area contributed by atoms with E-state index in [4.69, 9.17) is 4.74 Å². The molecule has 6 nitrogen and oxygen atoms in total. The molecule has 2 aromatic rings. The van der Waals surface area contributed by atoms with Gasteiger partial charge in [-0.25, -0.2) is 9.97 Å². The van der Waals surface area contributed by atoms with E-state index in [2.05, 4.69) is 15.3 Å². The molecule has 1 aromatic carbocycles. The second kappa shape index (κ2) is 6.75. The van der Waals surface area contributed by atoms with Gasteiger partial charge in [0.05, 0.1) is 13.2 Å². The van der Waals surface area contributed by atoms with Gasteiger partial charge in [0.1, 0.15) is 17.3 Å². The number of amides is 1. The number of nitrogens with one attached hydrogen (secondary N) is 1. The third-order valence-corrected chi connectivity index (χ3v) is 3.76. The maximum Gasteiger partial charge on any atom is 0.272 e. The molecule has 0 aliphatic carbocycles. The SMILES string of the molecule is Cc1nc(Nc2ccccc2C)cc(C(=O)N2CCOCC2)n1. The van der Waals surface area contributed by atoms with E-state index < -0.39 is 0 Å². The van der Waals surface area contributed by atoms with Crippen molar-refractivity contribution in [2.24, 2.45) is 0 Å². The molecule has 1 fully saturated rings. The summed E-state index contributed by atoms with van der Waals surface area (Å²) >= 11 is 0. The molecule has 1 saturated heterocycles. The van der Waals surface area contributed by atoms with Gasteiger partial charge in [0, 0.05) is 24.8 Å². The maximum atomic E-state index is 12.6. The van der Waals surface area contributed by atoms with Gasteiger partial charge < -0.3 is 15.0 Å². The molecule has 0 radical (unpaired) electrons. The normalized spacial score (nSPS) is 14.6. The van der Waals surface area contributed by atoms with Crippen LogP contribution >= 0.6 is 0 Å². The highest BCUT2D eigenvalue weighted by molar-refractivity contribution is 5.93. The molecule has 6 heteroatoms. The average Bonchev–Trinajstić information content (AvgIpc) is 2.56. The van der Waals surface area contributed by atoms with Gasteiger partial charge >= 0.3 is 0 Å². The summed E-state index contributed by atoms with van der Waals surface area (Å²) in [5.41, 5.74) is 2.50. The summed E-state index contributed by atoms with van der Waals surface area (Å²) in [6, 6.07) is 9.66. The Balaban J connectivity index is 1.84. The van der Waals surface area contributed by atoms with Gasteiger partial charge in [-0.1, -0.05) is 18.2 Å². The molecular formula is C17H20N4O2. The van der Waals surface area contributed by atoms with Gasteiger partial charge in [0.25, 0.3) is 5.91 Å². The summed E-state index contributed by atoms with van der Waals surface area (Å²) in [5.74, 6) is 1.12. The fourth-order valence-corrected chi connectivity index (χ4v) is 2.52. The number of rotatable bonds is 3. The molecule has 1 aliphatic rings. The maximum absolute atomic E-state index is 12.6. The Morgan fingerprint density at radius 1 is 1.17 bits per heavy atom. The molecule has 0 bridgehead atoms. The van der Waals surface area contributed by atoms with Crippen molar-refractivity contribution >= 4 is 17.4 Å². The first-order valence-corrected chi connectivity index (χ1v) is 7.69. The topological polar surface area (TPSA) is 67.4 Å². The molecular weight excluding hydrogens is 292 g/mol. The van der Waals surface area contributed by atoms with Crippen LogP contribution in [0, 0.1) is 13.8 Å². The molecule has 0 atom stereocenters. The monoisotopic (exact) mass is 312 g/mol. The molecule has 120 valence electrons. The smallest absolute Gasteiger partial charge is 0.272 e. The van der Waals surface area contributed by atoms with Crippen LogP contribution in [0.4, 0.5) is 11.5 Å². The van der Waals surface area contributed by atoms with Crippen LogP contribution in [-0.4, -0.2) is 47.1 Å². The number of morpholine rings is 1. The number of anilines is 2. The van der Waals surface area contributed by atoms with Crippen molar-refractivity contribution in [3.8, 4) is 0 Å². The van der Waals surface area contributed by atoms with E-state index in [9.17, 15) is 4.79 Å². The van der Waals surface area contributed by atoms with E-state index in [1.54, 1.807) is 17.9 Å². The lowest BCUT2D eigenvalue weighted by Gasteiger charge is -2.26. The first-order chi connectivity index (χ1) is 11.1. The predicted molar refractivity (Wildman–Crippen MR) is 88.0 cm³/mol. The summed E-state index contributed by atoms with van der Waals surface area (Å²) < 4.78 is 5.29. The quantitative estimate of drug-likeness (QED) is 0.942. The van der Waals surface area contributed by atoms with Crippen molar-refractivity contribution in [3.05, 3.63) is 47.4 Å². The fourth-order valence-electron chi connectivity index (χ4n) is 2.52. The number of para-hydroxylation sites is 1. The highest BCUT2D eigenvalue weighted by Gasteiger charge is 2.20. The minimum absolute atomic E-state index is 0.0772. The summed E-state index contributed by atoms with van der Waals surface area (Å²) in [7, 11) is 0. The van der Waals surface area contributed by atoms with Crippen molar-refractivity contribution in [1.29, 1.82) is 0 Å². The van der Waals surface area contributed by atoms with Crippen LogP contribution in [0.2, 0.25) is 0 Å². The van der Waals surface area contributed by atoms with Gasteiger partial charge in [0.15, 0.2) is 0 Å². The largest absolute Gasteiger partial charge is 0.378 e. The zero-order chi connectivity index (χ0) is 16.2. The number of nitrogens with zero attached hydrogens (tertiary/aromatic N) is 3. The standard InChI is InChI=1S/C17H20N4O2/c1-12-5-3-4-6-14(12)20-16-11-15(18-13(2)19-16)17(22)21-7-9-23-10-8-21/h3-6,11H,7-10H2,1-2H3,(H,18,19,20). The van der Waals surface area contributed by atoms with Crippen LogP contribution in [0.15, 0.2) is 30.3 Å². The Hall–Kier alpha value is -2.47. The Morgan fingerprint density at radius 2 is 1.91 bits per heavy atom. The molecule has 0 unspecified atom stereocenters. The first kappa shape index (κ1) is 15.4. The minimum atomic E-state index is -0.0772. The van der Waals surface area contributed by atoms with Gasteiger partial charge in [0.2, 0.25) is 0 Å². The average molecular weight is 312 g/mol. The van der Waals surface area contributed by atoms with Crippen LogP contribution in [0.25, 0.3) is 0 Å². The van der Waals surface area contributed by atoms with Gasteiger partial charge in [-0.15, -0.1) is 0 Å². The number of hydrogen-bond acceptors (Lipinski definition) is 5. The number of aryl methyl sites for hydroxylation is 2. The van der Waals surface area contributed by atoms with E-state index in [1.165, 1.54) is 0 Å². The second-order valence-corrected chi connectivity index (χ2v) is 5.53. The van der Waals surface area contributed by atoms with Crippen molar-refractivity contribution in [1.82, 2.24) is 14.9 Å². The van der Waals surface area contributed by atoms with Gasteiger partial charge in [-0.2, -0.15) is 0 Å². The van der Waals surface area contributed by atoms with Crippen LogP contribution < -0.4 is 5.32 Å². The molecule has 2 heterocycles. The summed E-state index contributed by atoms with van der Waals surface area (Å²) in [6.07, 6.45) is 0. The predicted octanol–water partition coefficient (Wildman–Crippen LogP) is 2.31. The summed E-state index contributed by atoms with van der Waals surface area (Å²) in [5, 5.41) is 3.26. The number of aromatic nitrogens is 2. The molecule has 1 N–H and O–H groups in total. The Morgan fingerprint density at radius 3 is 2.65 bits per heavy atom. The molecule has 0 saturated carbocycles. The van der Waals surface area contributed by atoms with E-state index in [-0.39, 0.29) is 5.91 Å². The lowest BCUT2D eigenvalue weighted by molar-refractivity contribution is 0.0299. The van der Waals surface area contributed by atoms with E-state index >= 15 is 0 Å². The number of benzene rings is 1. The lowest BCUT2D eigenvalue weighted by atomic mass is 10.2. The zero-order valence-electron chi connectivity index (χ0n) is 13.4. The Kier molecular flexibility index (Phi) is 4.52. The van der Waals surface area contributed by atoms with Crippen molar-refractivity contribution in [2.75, 3.05) is 31.6 Å². The minimum Gasteiger partial charge on any atom is -0.378 e. The Bertz CT molecular complexity index is 711. The van der Waals surface area contributed by atoms with Crippen LogP contribution in [-0.2, 0) is 4.74 Å². The fraction of sp³-hybridized carbons (Fsp3) is 0.353. The lowest BCUT2D eigenvalue weighted by Crippen LogP contribution is -2.41. The third kappa shape index (κ3) is 3.65. The first-order valence-electron chi connectivity index (χ1n) is 7.69. The number of carbonyl (C=O) groups excluding carboxylic acids is 1. The van der Waals surface area contributed by atoms with E-state index in [0.29, 0.717) is 43.6 Å².